The molecule has 3 rings (SSSR count). The molecule has 3 aromatic rings. The minimum Gasteiger partial charge on any atom is -0.365 e. The molecule has 0 bridgehead atoms. The number of primary amides is 1. The van der Waals surface area contributed by atoms with Gasteiger partial charge in [0.25, 0.3) is 11.5 Å². The van der Waals surface area contributed by atoms with Gasteiger partial charge in [0.05, 0.1) is 28.4 Å². The number of hydrogen-bond donors (Lipinski definition) is 1. The van der Waals surface area contributed by atoms with Crippen molar-refractivity contribution in [1.29, 1.82) is 5.26 Å². The summed E-state index contributed by atoms with van der Waals surface area (Å²) >= 11 is 1.14. The molecule has 24 heavy (non-hydrogen) atoms. The van der Waals surface area contributed by atoms with Gasteiger partial charge >= 0.3 is 0 Å². The zero-order valence-corrected chi connectivity index (χ0v) is 14.0. The molecule has 120 valence electrons. The molecule has 0 saturated carbocycles. The number of carbonyl (C=O) groups is 1. The zero-order chi connectivity index (χ0) is 17.4. The smallest absolute Gasteiger partial charge is 0.262 e. The van der Waals surface area contributed by atoms with E-state index in [4.69, 9.17) is 11.0 Å². The summed E-state index contributed by atoms with van der Waals surface area (Å²) in [5.41, 5.74) is 7.10. The Bertz CT molecular complexity index is 1070. The van der Waals surface area contributed by atoms with Crippen LogP contribution in [0.2, 0.25) is 0 Å². The van der Waals surface area contributed by atoms with Crippen molar-refractivity contribution < 1.29 is 4.79 Å². The Morgan fingerprint density at radius 2 is 2.17 bits per heavy atom. The Balaban J connectivity index is 2.18. The molecule has 0 atom stereocenters. The molecule has 0 radical (unpaired) electrons. The third kappa shape index (κ3) is 2.57. The number of nitrogens with zero attached hydrogens (tertiary/aromatic N) is 3. The van der Waals surface area contributed by atoms with Crippen molar-refractivity contribution in [2.24, 2.45) is 5.73 Å². The summed E-state index contributed by atoms with van der Waals surface area (Å²) in [6.07, 6.45) is 0. The Hall–Kier alpha value is -2.98. The number of aromatic nitrogens is 2. The van der Waals surface area contributed by atoms with E-state index in [1.165, 1.54) is 0 Å². The van der Waals surface area contributed by atoms with Gasteiger partial charge in [-0.25, -0.2) is 4.98 Å². The highest BCUT2D eigenvalue weighted by atomic mass is 32.1. The fourth-order valence-corrected chi connectivity index (χ4v) is 3.73. The van der Waals surface area contributed by atoms with Gasteiger partial charge in [0, 0.05) is 0 Å². The maximum Gasteiger partial charge on any atom is 0.262 e. The number of thiophene rings is 1. The van der Waals surface area contributed by atoms with Crippen LogP contribution in [0.5, 0.6) is 0 Å². The third-order valence-corrected chi connectivity index (χ3v) is 5.06. The van der Waals surface area contributed by atoms with Gasteiger partial charge in [0.15, 0.2) is 0 Å². The molecule has 0 aliphatic heterocycles. The molecule has 0 fully saturated rings. The molecule has 0 aliphatic rings. The maximum absolute atomic E-state index is 12.9. The fraction of sp³-hybridized carbons (Fsp3) is 0.176. The van der Waals surface area contributed by atoms with Crippen molar-refractivity contribution in [2.45, 2.75) is 20.4 Å². The number of hydrogen-bond acceptors (Lipinski definition) is 5. The highest BCUT2D eigenvalue weighted by molar-refractivity contribution is 7.20. The van der Waals surface area contributed by atoms with E-state index in [0.717, 1.165) is 16.9 Å². The molecule has 7 heteroatoms. The molecule has 2 heterocycles. The van der Waals surface area contributed by atoms with Crippen LogP contribution >= 0.6 is 11.3 Å². The predicted octanol–water partition coefficient (Wildman–Crippen LogP) is 2.09. The summed E-state index contributed by atoms with van der Waals surface area (Å²) in [6, 6.07) is 9.17. The van der Waals surface area contributed by atoms with E-state index in [1.54, 1.807) is 36.6 Å². The molecule has 0 saturated heterocycles. The molecule has 6 nitrogen and oxygen atoms in total. The number of rotatable bonds is 3. The van der Waals surface area contributed by atoms with Crippen LogP contribution in [0.1, 0.15) is 32.2 Å². The Labute approximate surface area is 141 Å². The summed E-state index contributed by atoms with van der Waals surface area (Å²) in [5, 5.41) is 9.42. The zero-order valence-electron chi connectivity index (χ0n) is 13.2. The molecule has 0 unspecified atom stereocenters. The summed E-state index contributed by atoms with van der Waals surface area (Å²) in [7, 11) is 0. The summed E-state index contributed by atoms with van der Waals surface area (Å²) in [4.78, 5) is 29.7. The number of nitriles is 1. The first-order chi connectivity index (χ1) is 11.4. The van der Waals surface area contributed by atoms with Gasteiger partial charge in [-0.1, -0.05) is 12.1 Å². The van der Waals surface area contributed by atoms with Gasteiger partial charge in [-0.15, -0.1) is 11.3 Å². The fourth-order valence-electron chi connectivity index (χ4n) is 2.66. The van der Waals surface area contributed by atoms with Crippen LogP contribution in [0.4, 0.5) is 0 Å². The van der Waals surface area contributed by atoms with Crippen molar-refractivity contribution in [3.63, 3.8) is 0 Å². The van der Waals surface area contributed by atoms with Crippen molar-refractivity contribution in [3.8, 4) is 6.07 Å². The van der Waals surface area contributed by atoms with Crippen molar-refractivity contribution in [2.75, 3.05) is 0 Å². The number of benzene rings is 1. The highest BCUT2D eigenvalue weighted by Crippen LogP contribution is 2.27. The van der Waals surface area contributed by atoms with E-state index in [1.807, 2.05) is 6.07 Å². The van der Waals surface area contributed by atoms with Gasteiger partial charge in [-0.05, 0) is 37.1 Å². The second-order valence-corrected chi connectivity index (χ2v) is 6.46. The Kier molecular flexibility index (Phi) is 3.91. The highest BCUT2D eigenvalue weighted by Gasteiger charge is 2.19. The second kappa shape index (κ2) is 5.91. The lowest BCUT2D eigenvalue weighted by molar-refractivity contribution is 0.100. The standard InChI is InChI=1S/C17H14N4O2S/c1-9-13-16(24-14(9)15(19)22)20-10(2)21(17(13)23)8-12-5-3-4-11(6-12)7-18/h3-6H,8H2,1-2H3,(H2,19,22). The SMILES string of the molecule is Cc1c(C(N)=O)sc2nc(C)n(Cc3cccc(C#N)c3)c(=O)c12. The Morgan fingerprint density at radius 3 is 2.83 bits per heavy atom. The minimum atomic E-state index is -0.555. The van der Waals surface area contributed by atoms with E-state index in [0.29, 0.717) is 38.6 Å². The number of nitrogens with two attached hydrogens (primary N) is 1. The van der Waals surface area contributed by atoms with Crippen LogP contribution < -0.4 is 11.3 Å². The van der Waals surface area contributed by atoms with Gasteiger partial charge < -0.3 is 5.73 Å². The molecule has 2 aromatic heterocycles. The number of amides is 1. The summed E-state index contributed by atoms with van der Waals surface area (Å²) in [5.74, 6) is -0.00652. The topological polar surface area (TPSA) is 102 Å². The molecular formula is C17H14N4O2S. The van der Waals surface area contributed by atoms with Crippen LogP contribution in [0.3, 0.4) is 0 Å². The molecule has 1 amide bonds. The molecule has 1 aromatic carbocycles. The van der Waals surface area contributed by atoms with Crippen LogP contribution in [0.15, 0.2) is 29.1 Å². The average Bonchev–Trinajstić information content (AvgIpc) is 2.88. The van der Waals surface area contributed by atoms with Crippen molar-refractivity contribution >= 4 is 27.5 Å². The predicted molar refractivity (Wildman–Crippen MR) is 92.1 cm³/mol. The van der Waals surface area contributed by atoms with Crippen LogP contribution in [-0.4, -0.2) is 15.5 Å². The normalized spacial score (nSPS) is 10.7. The number of aryl methyl sites for hydroxylation is 2. The van der Waals surface area contributed by atoms with Gasteiger partial charge in [-0.2, -0.15) is 5.26 Å². The monoisotopic (exact) mass is 338 g/mol. The van der Waals surface area contributed by atoms with Crippen molar-refractivity contribution in [3.05, 3.63) is 62.0 Å². The second-order valence-electron chi connectivity index (χ2n) is 5.46. The van der Waals surface area contributed by atoms with E-state index in [2.05, 4.69) is 11.1 Å². The Morgan fingerprint density at radius 1 is 1.42 bits per heavy atom. The number of fused-ring (bicyclic) bond motifs is 1. The average molecular weight is 338 g/mol. The van der Waals surface area contributed by atoms with Gasteiger partial charge in [-0.3, -0.25) is 14.2 Å². The molecular weight excluding hydrogens is 324 g/mol. The van der Waals surface area contributed by atoms with Gasteiger partial charge in [0.1, 0.15) is 10.7 Å². The quantitative estimate of drug-likeness (QED) is 0.790. The van der Waals surface area contributed by atoms with Crippen molar-refractivity contribution in [1.82, 2.24) is 9.55 Å². The molecule has 0 aliphatic carbocycles. The third-order valence-electron chi connectivity index (χ3n) is 3.86. The van der Waals surface area contributed by atoms with Crippen LogP contribution in [-0.2, 0) is 6.54 Å². The lowest BCUT2D eigenvalue weighted by Crippen LogP contribution is -2.24. The number of carbonyl (C=O) groups excluding carboxylic acids is 1. The van der Waals surface area contributed by atoms with Gasteiger partial charge in [0.2, 0.25) is 0 Å². The lowest BCUT2D eigenvalue weighted by Gasteiger charge is -2.10. The van der Waals surface area contributed by atoms with E-state index in [9.17, 15) is 9.59 Å². The van der Waals surface area contributed by atoms with E-state index >= 15 is 0 Å². The largest absolute Gasteiger partial charge is 0.365 e. The lowest BCUT2D eigenvalue weighted by atomic mass is 10.1. The molecule has 2 N–H and O–H groups in total. The first kappa shape index (κ1) is 15.9. The van der Waals surface area contributed by atoms with E-state index in [-0.39, 0.29) is 5.56 Å². The minimum absolute atomic E-state index is 0.207. The summed E-state index contributed by atoms with van der Waals surface area (Å²) in [6.45, 7) is 3.76. The first-order valence-corrected chi connectivity index (χ1v) is 8.03. The molecule has 0 spiro atoms. The van der Waals surface area contributed by atoms with Crippen LogP contribution in [0.25, 0.3) is 10.2 Å². The first-order valence-electron chi connectivity index (χ1n) is 7.21. The van der Waals surface area contributed by atoms with E-state index < -0.39 is 5.91 Å². The van der Waals surface area contributed by atoms with Crippen LogP contribution in [0, 0.1) is 25.2 Å². The summed E-state index contributed by atoms with van der Waals surface area (Å²) < 4.78 is 1.54. The maximum atomic E-state index is 12.9.